The quantitative estimate of drug-likeness (QED) is 0.779. The highest BCUT2D eigenvalue weighted by Crippen LogP contribution is 2.35. The maximum atomic E-state index is 12.3. The summed E-state index contributed by atoms with van der Waals surface area (Å²) in [6.07, 6.45) is 0.537. The third-order valence-electron chi connectivity index (χ3n) is 3.09. The largest absolute Gasteiger partial charge is 0.497 e. The molecule has 1 amide bonds. The van der Waals surface area contributed by atoms with E-state index in [0.29, 0.717) is 0 Å². The molecule has 19 heavy (non-hydrogen) atoms. The maximum Gasteiger partial charge on any atom is 0.415 e. The van der Waals surface area contributed by atoms with Gasteiger partial charge in [0, 0.05) is 6.04 Å². The molecule has 2 rings (SSSR count). The Bertz CT molecular complexity index is 491. The van der Waals surface area contributed by atoms with Gasteiger partial charge in [0.15, 0.2) is 0 Å². The van der Waals surface area contributed by atoms with Gasteiger partial charge >= 0.3 is 6.09 Å². The van der Waals surface area contributed by atoms with Crippen molar-refractivity contribution in [2.24, 2.45) is 0 Å². The van der Waals surface area contributed by atoms with Gasteiger partial charge in [0.05, 0.1) is 12.8 Å². The number of benzene rings is 1. The summed E-state index contributed by atoms with van der Waals surface area (Å²) in [4.78, 5) is 14.0. The van der Waals surface area contributed by atoms with E-state index in [1.165, 1.54) is 0 Å². The van der Waals surface area contributed by atoms with Crippen LogP contribution in [0.25, 0.3) is 0 Å². The van der Waals surface area contributed by atoms with Gasteiger partial charge in [0.25, 0.3) is 0 Å². The third kappa shape index (κ3) is 2.83. The van der Waals surface area contributed by atoms with Gasteiger partial charge in [-0.1, -0.05) is 0 Å². The van der Waals surface area contributed by atoms with E-state index in [-0.39, 0.29) is 12.1 Å². The molecule has 1 aromatic carbocycles. The van der Waals surface area contributed by atoms with Crippen LogP contribution in [-0.2, 0) is 11.2 Å². The zero-order valence-electron chi connectivity index (χ0n) is 12.2. The van der Waals surface area contributed by atoms with Crippen LogP contribution in [0.2, 0.25) is 0 Å². The van der Waals surface area contributed by atoms with Crippen molar-refractivity contribution in [3.63, 3.8) is 0 Å². The second-order valence-corrected chi connectivity index (χ2v) is 5.90. The molecule has 1 atom stereocenters. The van der Waals surface area contributed by atoms with Crippen molar-refractivity contribution < 1.29 is 14.3 Å². The van der Waals surface area contributed by atoms with Gasteiger partial charge in [-0.2, -0.15) is 0 Å². The van der Waals surface area contributed by atoms with Gasteiger partial charge in [-0.15, -0.1) is 0 Å². The van der Waals surface area contributed by atoms with Crippen molar-refractivity contribution >= 4 is 11.8 Å². The fraction of sp³-hybridized carbons (Fsp3) is 0.533. The summed E-state index contributed by atoms with van der Waals surface area (Å²) in [5.41, 5.74) is 1.56. The molecule has 0 fully saturated rings. The Morgan fingerprint density at radius 2 is 2.05 bits per heavy atom. The van der Waals surface area contributed by atoms with Crippen LogP contribution in [-0.4, -0.2) is 24.8 Å². The summed E-state index contributed by atoms with van der Waals surface area (Å²) >= 11 is 0. The minimum atomic E-state index is -0.480. The Morgan fingerprint density at radius 3 is 2.63 bits per heavy atom. The number of methoxy groups -OCH3 is 1. The molecule has 0 saturated heterocycles. The molecule has 0 spiro atoms. The summed E-state index contributed by atoms with van der Waals surface area (Å²) in [7, 11) is 1.64. The highest BCUT2D eigenvalue weighted by molar-refractivity contribution is 5.91. The Morgan fingerprint density at radius 1 is 1.37 bits per heavy atom. The van der Waals surface area contributed by atoms with Crippen LogP contribution in [0.5, 0.6) is 5.75 Å². The van der Waals surface area contributed by atoms with Crippen molar-refractivity contribution in [3.8, 4) is 5.75 Å². The molecule has 0 radical (unpaired) electrons. The molecular weight excluding hydrogens is 242 g/mol. The summed E-state index contributed by atoms with van der Waals surface area (Å²) in [6.45, 7) is 7.65. The Kier molecular flexibility index (Phi) is 3.43. The maximum absolute atomic E-state index is 12.3. The van der Waals surface area contributed by atoms with E-state index in [4.69, 9.17) is 9.47 Å². The molecule has 4 heteroatoms. The molecular formula is C15H21NO3. The summed E-state index contributed by atoms with van der Waals surface area (Å²) in [5.74, 6) is 0.817. The fourth-order valence-corrected chi connectivity index (χ4v) is 2.32. The van der Waals surface area contributed by atoms with Crippen LogP contribution < -0.4 is 9.64 Å². The smallest absolute Gasteiger partial charge is 0.415 e. The monoisotopic (exact) mass is 263 g/mol. The predicted octanol–water partition coefficient (Wildman–Crippen LogP) is 3.38. The molecule has 0 unspecified atom stereocenters. The lowest BCUT2D eigenvalue weighted by molar-refractivity contribution is 0.0572. The average Bonchev–Trinajstić information content (AvgIpc) is 2.61. The van der Waals surface area contributed by atoms with E-state index in [0.717, 1.165) is 23.4 Å². The van der Waals surface area contributed by atoms with E-state index in [1.807, 2.05) is 45.9 Å². The number of rotatable bonds is 1. The fourth-order valence-electron chi connectivity index (χ4n) is 2.32. The van der Waals surface area contributed by atoms with Gasteiger partial charge in [-0.25, -0.2) is 4.79 Å². The highest BCUT2D eigenvalue weighted by atomic mass is 16.6. The van der Waals surface area contributed by atoms with Crippen LogP contribution in [0.4, 0.5) is 10.5 Å². The van der Waals surface area contributed by atoms with Crippen molar-refractivity contribution in [2.45, 2.75) is 45.8 Å². The lowest BCUT2D eigenvalue weighted by Gasteiger charge is -2.27. The van der Waals surface area contributed by atoms with Gasteiger partial charge in [0.1, 0.15) is 11.4 Å². The zero-order valence-corrected chi connectivity index (χ0v) is 12.2. The standard InChI is InChI=1S/C15H21NO3/c1-10-8-11-9-12(18-5)6-7-13(11)16(10)14(17)19-15(2,3)4/h6-7,9-10H,8H2,1-5H3/t10-/m1/s1. The summed E-state index contributed by atoms with van der Waals surface area (Å²) in [6, 6.07) is 5.88. The Labute approximate surface area is 114 Å². The normalized spacial score (nSPS) is 18.2. The van der Waals surface area contributed by atoms with Crippen LogP contribution in [0, 0.1) is 0 Å². The van der Waals surface area contributed by atoms with E-state index in [1.54, 1.807) is 12.0 Å². The van der Waals surface area contributed by atoms with E-state index < -0.39 is 5.60 Å². The molecule has 1 aliphatic heterocycles. The molecule has 1 heterocycles. The minimum absolute atomic E-state index is 0.108. The number of ether oxygens (including phenoxy) is 2. The number of carbonyl (C=O) groups is 1. The first-order valence-corrected chi connectivity index (χ1v) is 6.51. The highest BCUT2D eigenvalue weighted by Gasteiger charge is 2.34. The minimum Gasteiger partial charge on any atom is -0.497 e. The lowest BCUT2D eigenvalue weighted by atomic mass is 10.1. The summed E-state index contributed by atoms with van der Waals surface area (Å²) < 4.78 is 10.7. The number of carbonyl (C=O) groups excluding carboxylic acids is 1. The number of hydrogen-bond donors (Lipinski definition) is 0. The van der Waals surface area contributed by atoms with Gasteiger partial charge in [-0.3, -0.25) is 4.90 Å². The van der Waals surface area contributed by atoms with Gasteiger partial charge in [-0.05, 0) is 57.9 Å². The number of hydrogen-bond acceptors (Lipinski definition) is 3. The molecule has 0 bridgehead atoms. The first kappa shape index (κ1) is 13.7. The van der Waals surface area contributed by atoms with Crippen LogP contribution in [0.1, 0.15) is 33.3 Å². The van der Waals surface area contributed by atoms with E-state index in [2.05, 4.69) is 0 Å². The molecule has 0 aromatic heterocycles. The molecule has 1 aromatic rings. The van der Waals surface area contributed by atoms with Crippen LogP contribution in [0.15, 0.2) is 18.2 Å². The SMILES string of the molecule is COc1ccc2c(c1)C[C@@H](C)N2C(=O)OC(C)(C)C. The van der Waals surface area contributed by atoms with Gasteiger partial charge in [0.2, 0.25) is 0 Å². The third-order valence-corrected chi connectivity index (χ3v) is 3.09. The second-order valence-electron chi connectivity index (χ2n) is 5.90. The lowest BCUT2D eigenvalue weighted by Crippen LogP contribution is -2.40. The number of fused-ring (bicyclic) bond motifs is 1. The number of amides is 1. The molecule has 0 saturated carbocycles. The molecule has 0 N–H and O–H groups in total. The van der Waals surface area contributed by atoms with E-state index >= 15 is 0 Å². The summed E-state index contributed by atoms with van der Waals surface area (Å²) in [5, 5.41) is 0. The first-order chi connectivity index (χ1) is 8.81. The Hall–Kier alpha value is -1.71. The van der Waals surface area contributed by atoms with Gasteiger partial charge < -0.3 is 9.47 Å². The second kappa shape index (κ2) is 4.76. The molecule has 104 valence electrons. The Balaban J connectivity index is 2.27. The van der Waals surface area contributed by atoms with Crippen molar-refractivity contribution in [2.75, 3.05) is 12.0 Å². The number of nitrogens with zero attached hydrogens (tertiary/aromatic N) is 1. The molecule has 1 aliphatic rings. The topological polar surface area (TPSA) is 38.8 Å². The predicted molar refractivity (Wildman–Crippen MR) is 74.9 cm³/mol. The molecule has 0 aliphatic carbocycles. The van der Waals surface area contributed by atoms with Crippen molar-refractivity contribution in [1.82, 2.24) is 0 Å². The van der Waals surface area contributed by atoms with Crippen molar-refractivity contribution in [1.29, 1.82) is 0 Å². The molecule has 4 nitrogen and oxygen atoms in total. The first-order valence-electron chi connectivity index (χ1n) is 6.51. The van der Waals surface area contributed by atoms with Crippen molar-refractivity contribution in [3.05, 3.63) is 23.8 Å². The number of anilines is 1. The van der Waals surface area contributed by atoms with E-state index in [9.17, 15) is 4.79 Å². The average molecular weight is 263 g/mol. The van der Waals surface area contributed by atoms with Crippen LogP contribution in [0.3, 0.4) is 0 Å². The van der Waals surface area contributed by atoms with Crippen LogP contribution >= 0.6 is 0 Å². The zero-order chi connectivity index (χ0) is 14.2.